The zero-order valence-corrected chi connectivity index (χ0v) is 17.8. The maximum atomic E-state index is 12.7. The number of amides is 2. The minimum absolute atomic E-state index is 0.0151. The van der Waals surface area contributed by atoms with Crippen LogP contribution in [0.2, 0.25) is 0 Å². The van der Waals surface area contributed by atoms with E-state index in [9.17, 15) is 9.59 Å². The van der Waals surface area contributed by atoms with Crippen LogP contribution in [0.3, 0.4) is 0 Å². The monoisotopic (exact) mass is 424 g/mol. The van der Waals surface area contributed by atoms with Crippen LogP contribution >= 0.6 is 0 Å². The predicted molar refractivity (Wildman–Crippen MR) is 116 cm³/mol. The molecular weight excluding hydrogens is 396 g/mol. The van der Waals surface area contributed by atoms with E-state index in [1.54, 1.807) is 4.90 Å². The van der Waals surface area contributed by atoms with E-state index < -0.39 is 0 Å². The number of hydrogen-bond donors (Lipinski definition) is 0. The zero-order chi connectivity index (χ0) is 21.4. The summed E-state index contributed by atoms with van der Waals surface area (Å²) in [4.78, 5) is 32.9. The van der Waals surface area contributed by atoms with Crippen molar-refractivity contribution >= 4 is 23.8 Å². The van der Waals surface area contributed by atoms with Gasteiger partial charge in [0.05, 0.1) is 25.5 Å². The smallest absolute Gasteiger partial charge is 0.409 e. The molecule has 31 heavy (non-hydrogen) atoms. The van der Waals surface area contributed by atoms with Crippen molar-refractivity contribution in [2.45, 2.75) is 13.0 Å². The highest BCUT2D eigenvalue weighted by molar-refractivity contribution is 6.20. The number of nitrogens with zero attached hydrogens (tertiary/aromatic N) is 4. The van der Waals surface area contributed by atoms with Gasteiger partial charge in [0.15, 0.2) is 0 Å². The highest BCUT2D eigenvalue weighted by Crippen LogP contribution is 2.35. The molecule has 0 bridgehead atoms. The van der Waals surface area contributed by atoms with Crippen molar-refractivity contribution in [3.8, 4) is 0 Å². The van der Waals surface area contributed by atoms with Gasteiger partial charge in [-0.2, -0.15) is 0 Å². The number of morpholine rings is 1. The van der Waals surface area contributed by atoms with Crippen LogP contribution in [0.1, 0.15) is 17.7 Å². The third-order valence-electron chi connectivity index (χ3n) is 6.50. The molecule has 2 atom stereocenters. The van der Waals surface area contributed by atoms with Crippen molar-refractivity contribution in [2.75, 3.05) is 46.0 Å². The largest absolute Gasteiger partial charge is 0.448 e. The van der Waals surface area contributed by atoms with Crippen LogP contribution in [0.4, 0.5) is 4.79 Å². The van der Waals surface area contributed by atoms with Gasteiger partial charge in [-0.05, 0) is 36.1 Å². The van der Waals surface area contributed by atoms with Gasteiger partial charge in [-0.3, -0.25) is 9.69 Å². The summed E-state index contributed by atoms with van der Waals surface area (Å²) < 4.78 is 12.5. The number of aromatic nitrogens is 1. The molecule has 4 aliphatic rings. The van der Waals surface area contributed by atoms with E-state index in [0.717, 1.165) is 56.2 Å². The third-order valence-corrected chi connectivity index (χ3v) is 6.50. The molecule has 8 heteroatoms. The van der Waals surface area contributed by atoms with E-state index in [1.807, 2.05) is 19.2 Å². The summed E-state index contributed by atoms with van der Waals surface area (Å²) in [6, 6.07) is 2.16. The van der Waals surface area contributed by atoms with E-state index in [1.165, 1.54) is 5.56 Å². The first kappa shape index (κ1) is 20.2. The lowest BCUT2D eigenvalue weighted by molar-refractivity contribution is -0.114. The molecule has 2 unspecified atom stereocenters. The van der Waals surface area contributed by atoms with Gasteiger partial charge in [0.1, 0.15) is 6.61 Å². The standard InChI is InChI=1S/C23H28N4O4/c1-25-13-17(14-26-4-7-30-8-5-26)10-18(25)12-20-19-11-16(2-3-21(19)24-22(20)28)15-27-6-9-31-23(27)29/h2-3,10,12-13,16,19H,4-9,11,14-15H2,1H3/b20-12-. The molecule has 2 fully saturated rings. The van der Waals surface area contributed by atoms with E-state index in [2.05, 4.69) is 32.8 Å². The summed E-state index contributed by atoms with van der Waals surface area (Å²) in [7, 11) is 2.01. The van der Waals surface area contributed by atoms with Crippen LogP contribution in [-0.4, -0.2) is 78.1 Å². The van der Waals surface area contributed by atoms with Crippen molar-refractivity contribution in [1.82, 2.24) is 14.4 Å². The Hall–Kier alpha value is -2.71. The summed E-state index contributed by atoms with van der Waals surface area (Å²) >= 11 is 0. The maximum Gasteiger partial charge on any atom is 0.409 e. The van der Waals surface area contributed by atoms with Crippen molar-refractivity contribution in [1.29, 1.82) is 0 Å². The number of hydrogen-bond acceptors (Lipinski definition) is 5. The number of aliphatic imine (C=N–C) groups is 1. The first-order valence-corrected chi connectivity index (χ1v) is 11.0. The Kier molecular flexibility index (Phi) is 5.50. The topological polar surface area (TPSA) is 76.4 Å². The second-order valence-electron chi connectivity index (χ2n) is 8.68. The van der Waals surface area contributed by atoms with Gasteiger partial charge in [-0.15, -0.1) is 0 Å². The molecule has 164 valence electrons. The van der Waals surface area contributed by atoms with Crippen molar-refractivity contribution in [3.05, 3.63) is 41.2 Å². The molecule has 2 saturated heterocycles. The van der Waals surface area contributed by atoms with Gasteiger partial charge in [-0.25, -0.2) is 9.79 Å². The molecule has 1 aromatic heterocycles. The fourth-order valence-corrected chi connectivity index (χ4v) is 4.82. The van der Waals surface area contributed by atoms with Crippen LogP contribution in [0.25, 0.3) is 6.08 Å². The van der Waals surface area contributed by atoms with Gasteiger partial charge >= 0.3 is 6.09 Å². The van der Waals surface area contributed by atoms with Gasteiger partial charge in [0, 0.05) is 56.6 Å². The summed E-state index contributed by atoms with van der Waals surface area (Å²) in [6.45, 7) is 6.04. The first-order valence-electron chi connectivity index (χ1n) is 11.0. The van der Waals surface area contributed by atoms with E-state index in [0.29, 0.717) is 19.7 Å². The second kappa shape index (κ2) is 8.43. The Balaban J connectivity index is 1.31. The van der Waals surface area contributed by atoms with Crippen LogP contribution in [0.5, 0.6) is 0 Å². The number of carbonyl (C=O) groups is 2. The van der Waals surface area contributed by atoms with Crippen LogP contribution in [-0.2, 0) is 27.9 Å². The number of allylic oxidation sites excluding steroid dienone is 1. The third kappa shape index (κ3) is 4.22. The van der Waals surface area contributed by atoms with E-state index in [4.69, 9.17) is 9.47 Å². The van der Waals surface area contributed by atoms with Gasteiger partial charge in [0.2, 0.25) is 0 Å². The molecule has 0 spiro atoms. The number of rotatable bonds is 5. The minimum Gasteiger partial charge on any atom is -0.448 e. The van der Waals surface area contributed by atoms with E-state index in [-0.39, 0.29) is 23.8 Å². The molecule has 0 aromatic carbocycles. The molecule has 8 nitrogen and oxygen atoms in total. The van der Waals surface area contributed by atoms with Crippen molar-refractivity contribution in [3.63, 3.8) is 0 Å². The maximum absolute atomic E-state index is 12.7. The normalized spacial score (nSPS) is 27.7. The van der Waals surface area contributed by atoms with Gasteiger partial charge in [0.25, 0.3) is 5.91 Å². The number of ether oxygens (including phenoxy) is 2. The Labute approximate surface area is 181 Å². The molecule has 1 aromatic rings. The Morgan fingerprint density at radius 1 is 1.19 bits per heavy atom. The second-order valence-corrected chi connectivity index (χ2v) is 8.68. The molecule has 5 rings (SSSR count). The Bertz CT molecular complexity index is 970. The van der Waals surface area contributed by atoms with E-state index >= 15 is 0 Å². The zero-order valence-electron chi connectivity index (χ0n) is 17.8. The number of aryl methyl sites for hydroxylation is 1. The number of carbonyl (C=O) groups excluding carboxylic acids is 2. The molecule has 2 amide bonds. The van der Waals surface area contributed by atoms with Crippen LogP contribution < -0.4 is 0 Å². The fraction of sp³-hybridized carbons (Fsp3) is 0.522. The SMILES string of the molecule is Cn1cc(CN2CCOCC2)cc1/C=C1\C(=O)N=C2C=CC(CN3CCOC3=O)CC21. The average Bonchev–Trinajstić information content (AvgIpc) is 3.41. The van der Waals surface area contributed by atoms with Gasteiger partial charge < -0.3 is 18.9 Å². The summed E-state index contributed by atoms with van der Waals surface area (Å²) in [5, 5.41) is 0. The summed E-state index contributed by atoms with van der Waals surface area (Å²) in [6.07, 6.45) is 8.68. The number of fused-ring (bicyclic) bond motifs is 1. The quantitative estimate of drug-likeness (QED) is 0.675. The fourth-order valence-electron chi connectivity index (χ4n) is 4.82. The van der Waals surface area contributed by atoms with Crippen molar-refractivity contribution in [2.24, 2.45) is 23.9 Å². The lowest BCUT2D eigenvalue weighted by atomic mass is 9.81. The Morgan fingerprint density at radius 2 is 2.03 bits per heavy atom. The lowest BCUT2D eigenvalue weighted by Gasteiger charge is -2.26. The van der Waals surface area contributed by atoms with Crippen LogP contribution in [0, 0.1) is 11.8 Å². The summed E-state index contributed by atoms with van der Waals surface area (Å²) in [5.41, 5.74) is 3.82. The molecule has 3 aliphatic heterocycles. The Morgan fingerprint density at radius 3 is 2.81 bits per heavy atom. The highest BCUT2D eigenvalue weighted by Gasteiger charge is 2.36. The molecule has 4 heterocycles. The first-order chi connectivity index (χ1) is 15.1. The highest BCUT2D eigenvalue weighted by atomic mass is 16.6. The molecular formula is C23H28N4O4. The lowest BCUT2D eigenvalue weighted by Crippen LogP contribution is -2.35. The average molecular weight is 425 g/mol. The van der Waals surface area contributed by atoms with Crippen LogP contribution in [0.15, 0.2) is 35.0 Å². The minimum atomic E-state index is -0.247. The summed E-state index contributed by atoms with van der Waals surface area (Å²) in [5.74, 6) is 0.0229. The van der Waals surface area contributed by atoms with Crippen molar-refractivity contribution < 1.29 is 19.1 Å². The van der Waals surface area contributed by atoms with Gasteiger partial charge in [-0.1, -0.05) is 6.08 Å². The molecule has 0 saturated carbocycles. The molecule has 1 aliphatic carbocycles. The predicted octanol–water partition coefficient (Wildman–Crippen LogP) is 1.87. The molecule has 0 N–H and O–H groups in total. The molecule has 0 radical (unpaired) electrons. The number of cyclic esters (lactones) is 1.